The molecule has 0 saturated carbocycles. The Morgan fingerprint density at radius 3 is 2.90 bits per heavy atom. The summed E-state index contributed by atoms with van der Waals surface area (Å²) < 4.78 is 37.2. The van der Waals surface area contributed by atoms with Gasteiger partial charge >= 0.3 is 6.18 Å². The average molecular weight is 417 g/mol. The highest BCUT2D eigenvalue weighted by atomic mass is 19.4. The van der Waals surface area contributed by atoms with Crippen molar-refractivity contribution in [2.24, 2.45) is 0 Å². The molecular weight excluding hydrogens is 399 g/mol. The van der Waals surface area contributed by atoms with Gasteiger partial charge in [0.1, 0.15) is 36.4 Å². The summed E-state index contributed by atoms with van der Waals surface area (Å²) in [5.74, 6) is 0.607. The molecule has 2 aromatic heterocycles. The van der Waals surface area contributed by atoms with Crippen LogP contribution in [0.3, 0.4) is 0 Å². The van der Waals surface area contributed by atoms with Crippen molar-refractivity contribution in [2.75, 3.05) is 23.7 Å². The van der Waals surface area contributed by atoms with Crippen LogP contribution in [0.15, 0.2) is 36.8 Å². The number of alkyl halides is 3. The molecule has 30 heavy (non-hydrogen) atoms. The summed E-state index contributed by atoms with van der Waals surface area (Å²) in [6.45, 7) is 0.619. The summed E-state index contributed by atoms with van der Waals surface area (Å²) >= 11 is 0. The molecule has 4 rings (SSSR count). The number of hydrogen-bond acceptors (Lipinski definition) is 7. The third-order valence-electron chi connectivity index (χ3n) is 4.73. The first-order chi connectivity index (χ1) is 14.3. The molecule has 1 unspecified atom stereocenters. The molecule has 0 spiro atoms. The largest absolute Gasteiger partial charge is 0.405 e. The minimum atomic E-state index is -4.48. The predicted octanol–water partition coefficient (Wildman–Crippen LogP) is 2.46. The molecule has 3 aromatic rings. The van der Waals surface area contributed by atoms with Crippen LogP contribution >= 0.6 is 0 Å². The Balaban J connectivity index is 1.64. The molecule has 0 aliphatic carbocycles. The summed E-state index contributed by atoms with van der Waals surface area (Å²) in [4.78, 5) is 29.6. The highest BCUT2D eigenvalue weighted by Gasteiger charge is 2.30. The van der Waals surface area contributed by atoms with E-state index in [0.717, 1.165) is 5.56 Å². The number of para-hydroxylation sites is 1. The molecule has 1 aliphatic rings. The van der Waals surface area contributed by atoms with Crippen molar-refractivity contribution in [3.63, 3.8) is 0 Å². The number of hydrogen-bond donors (Lipinski definition) is 3. The highest BCUT2D eigenvalue weighted by Crippen LogP contribution is 2.34. The first-order valence-corrected chi connectivity index (χ1v) is 9.23. The Labute approximate surface area is 169 Å². The van der Waals surface area contributed by atoms with Gasteiger partial charge in [0.05, 0.1) is 11.4 Å². The molecular formula is C19H18F3N7O. The van der Waals surface area contributed by atoms with E-state index in [2.05, 4.69) is 30.6 Å². The van der Waals surface area contributed by atoms with Gasteiger partial charge < -0.3 is 16.0 Å². The summed E-state index contributed by atoms with van der Waals surface area (Å²) in [6, 6.07) is 6.28. The number of benzene rings is 1. The number of halogens is 3. The van der Waals surface area contributed by atoms with Crippen LogP contribution in [0.2, 0.25) is 0 Å². The maximum Gasteiger partial charge on any atom is 0.405 e. The Hall–Kier alpha value is -3.50. The predicted molar refractivity (Wildman–Crippen MR) is 104 cm³/mol. The van der Waals surface area contributed by atoms with Crippen LogP contribution < -0.4 is 16.0 Å². The second-order valence-corrected chi connectivity index (χ2v) is 6.91. The summed E-state index contributed by atoms with van der Waals surface area (Å²) in [5.41, 5.74) is 1.51. The van der Waals surface area contributed by atoms with Crippen LogP contribution in [0.4, 0.5) is 24.8 Å². The fourth-order valence-electron chi connectivity index (χ4n) is 3.25. The zero-order valence-electron chi connectivity index (χ0n) is 15.9. The van der Waals surface area contributed by atoms with E-state index in [4.69, 9.17) is 0 Å². The van der Waals surface area contributed by atoms with Crippen LogP contribution in [0.25, 0.3) is 10.9 Å². The van der Waals surface area contributed by atoms with Gasteiger partial charge in [-0.05, 0) is 19.1 Å². The Morgan fingerprint density at radius 2 is 2.10 bits per heavy atom. The number of nitrogens with zero attached hydrogens (tertiary/aromatic N) is 4. The highest BCUT2D eigenvalue weighted by molar-refractivity contribution is 5.92. The smallest absolute Gasteiger partial charge is 0.369 e. The second-order valence-electron chi connectivity index (χ2n) is 6.91. The molecule has 1 amide bonds. The average Bonchev–Trinajstić information content (AvgIpc) is 3.15. The summed E-state index contributed by atoms with van der Waals surface area (Å²) in [6.07, 6.45) is -1.33. The second kappa shape index (κ2) is 7.73. The van der Waals surface area contributed by atoms with E-state index in [0.29, 0.717) is 34.9 Å². The van der Waals surface area contributed by atoms with Crippen molar-refractivity contribution in [3.8, 4) is 0 Å². The monoisotopic (exact) mass is 417 g/mol. The lowest BCUT2D eigenvalue weighted by Crippen LogP contribution is -2.42. The molecule has 8 nitrogen and oxygen atoms in total. The number of rotatable bonds is 5. The maximum atomic E-state index is 12.4. The van der Waals surface area contributed by atoms with E-state index in [9.17, 15) is 18.0 Å². The van der Waals surface area contributed by atoms with E-state index in [-0.39, 0.29) is 5.92 Å². The van der Waals surface area contributed by atoms with E-state index in [1.165, 1.54) is 13.3 Å². The lowest BCUT2D eigenvalue weighted by Gasteiger charge is -2.18. The molecule has 11 heteroatoms. The lowest BCUT2D eigenvalue weighted by molar-refractivity contribution is -0.138. The Bertz CT molecular complexity index is 1090. The van der Waals surface area contributed by atoms with Gasteiger partial charge in [-0.2, -0.15) is 13.2 Å². The Morgan fingerprint density at radius 1 is 1.30 bits per heavy atom. The fraction of sp³-hybridized carbons (Fsp3) is 0.316. The molecule has 1 aromatic carbocycles. The molecule has 3 heterocycles. The van der Waals surface area contributed by atoms with Crippen molar-refractivity contribution in [2.45, 2.75) is 25.1 Å². The topological polar surface area (TPSA) is 105 Å². The molecule has 0 bridgehead atoms. The van der Waals surface area contributed by atoms with Gasteiger partial charge in [0, 0.05) is 23.7 Å². The molecule has 0 fully saturated rings. The molecule has 156 valence electrons. The first kappa shape index (κ1) is 19.8. The lowest BCUT2D eigenvalue weighted by atomic mass is 10.0. The van der Waals surface area contributed by atoms with Gasteiger partial charge in [0.25, 0.3) is 0 Å². The molecule has 0 saturated heterocycles. The number of anilines is 2. The van der Waals surface area contributed by atoms with E-state index >= 15 is 0 Å². The number of carbonyl (C=O) groups excluding carboxylic acids is 1. The van der Waals surface area contributed by atoms with Gasteiger partial charge in [0.15, 0.2) is 0 Å². The molecule has 0 radical (unpaired) electrons. The zero-order chi connectivity index (χ0) is 21.3. The van der Waals surface area contributed by atoms with Crippen molar-refractivity contribution in [3.05, 3.63) is 48.2 Å². The van der Waals surface area contributed by atoms with Gasteiger partial charge in [-0.3, -0.25) is 4.79 Å². The van der Waals surface area contributed by atoms with E-state index < -0.39 is 24.7 Å². The van der Waals surface area contributed by atoms with Crippen molar-refractivity contribution in [1.29, 1.82) is 0 Å². The van der Waals surface area contributed by atoms with E-state index in [1.807, 2.05) is 17.4 Å². The third-order valence-corrected chi connectivity index (χ3v) is 4.73. The SMILES string of the molecule is C[C@@H](Nc1nc(C2CNc3ncncc32)nc2ccccc12)C(=O)NCC(F)(F)F. The van der Waals surface area contributed by atoms with E-state index in [1.54, 1.807) is 18.3 Å². The van der Waals surface area contributed by atoms with Gasteiger partial charge in [-0.25, -0.2) is 19.9 Å². The minimum absolute atomic E-state index is 0.194. The number of amides is 1. The zero-order valence-corrected chi connectivity index (χ0v) is 15.9. The third kappa shape index (κ3) is 4.09. The van der Waals surface area contributed by atoms with Crippen LogP contribution in [-0.4, -0.2) is 51.2 Å². The summed E-state index contributed by atoms with van der Waals surface area (Å²) in [5, 5.41) is 8.65. The fourth-order valence-corrected chi connectivity index (χ4v) is 3.25. The summed E-state index contributed by atoms with van der Waals surface area (Å²) in [7, 11) is 0. The van der Waals surface area contributed by atoms with Gasteiger partial charge in [-0.1, -0.05) is 12.1 Å². The van der Waals surface area contributed by atoms with Crippen LogP contribution in [0.5, 0.6) is 0 Å². The minimum Gasteiger partial charge on any atom is -0.369 e. The van der Waals surface area contributed by atoms with Crippen LogP contribution in [-0.2, 0) is 4.79 Å². The number of nitrogens with one attached hydrogen (secondary N) is 3. The van der Waals surface area contributed by atoms with Crippen molar-refractivity contribution in [1.82, 2.24) is 25.3 Å². The van der Waals surface area contributed by atoms with Crippen molar-refractivity contribution < 1.29 is 18.0 Å². The normalized spacial score (nSPS) is 16.6. The number of carbonyl (C=O) groups is 1. The molecule has 3 N–H and O–H groups in total. The Kier molecular flexibility index (Phi) is 5.10. The van der Waals surface area contributed by atoms with Gasteiger partial charge in [-0.15, -0.1) is 0 Å². The number of aromatic nitrogens is 4. The maximum absolute atomic E-state index is 12.4. The quantitative estimate of drug-likeness (QED) is 0.586. The van der Waals surface area contributed by atoms with Crippen LogP contribution in [0.1, 0.15) is 24.2 Å². The van der Waals surface area contributed by atoms with Crippen molar-refractivity contribution >= 4 is 28.4 Å². The molecule has 2 atom stereocenters. The van der Waals surface area contributed by atoms with Crippen LogP contribution in [0, 0.1) is 0 Å². The van der Waals surface area contributed by atoms with Gasteiger partial charge in [0.2, 0.25) is 5.91 Å². The number of fused-ring (bicyclic) bond motifs is 2. The standard InChI is InChI=1S/C19H18F3N7O/c1-10(18(30)25-8-19(20,21)22)27-16-11-4-2-3-5-14(11)28-17(29-16)13-7-24-15-12(13)6-23-9-26-15/h2-6,9-10,13H,7-8H2,1H3,(H,25,30)(H,23,24,26)(H,27,28,29)/t10-,13?/m1/s1. The first-order valence-electron chi connectivity index (χ1n) is 9.23. The molecule has 1 aliphatic heterocycles.